The smallest absolute Gasteiger partial charge is 0.0850 e. The molecule has 1 N–H and O–H groups in total. The fraction of sp³-hybridized carbons (Fsp3) is 0.364. The van der Waals surface area contributed by atoms with E-state index in [-0.39, 0.29) is 0 Å². The van der Waals surface area contributed by atoms with Crippen LogP contribution in [0, 0.1) is 0 Å². The highest BCUT2D eigenvalue weighted by Crippen LogP contribution is 2.06. The van der Waals surface area contributed by atoms with Crippen LogP contribution in [0.4, 0.5) is 0 Å². The predicted molar refractivity (Wildman–Crippen MR) is 61.1 cm³/mol. The molecule has 2 aromatic rings. The molecule has 5 nitrogen and oxygen atoms in total. The normalized spacial score (nSPS) is 10.9. The Balaban J connectivity index is 2.19. The van der Waals surface area contributed by atoms with Gasteiger partial charge in [0.05, 0.1) is 23.8 Å². The van der Waals surface area contributed by atoms with Crippen molar-refractivity contribution in [3.63, 3.8) is 0 Å². The summed E-state index contributed by atoms with van der Waals surface area (Å²) in [6, 6.07) is 4.29. The van der Waals surface area contributed by atoms with Gasteiger partial charge in [-0.05, 0) is 12.1 Å². The van der Waals surface area contributed by atoms with E-state index in [1.807, 2.05) is 12.1 Å². The highest BCUT2D eigenvalue weighted by Gasteiger charge is 2.06. The number of pyridine rings is 1. The molecule has 0 aliphatic carbocycles. The summed E-state index contributed by atoms with van der Waals surface area (Å²) in [6.45, 7) is 4.97. The zero-order valence-corrected chi connectivity index (χ0v) is 9.46. The van der Waals surface area contributed by atoms with Crippen LogP contribution in [0.5, 0.6) is 0 Å². The minimum Gasteiger partial charge on any atom is -0.309 e. The number of hydrogen-bond acceptors (Lipinski definition) is 4. The van der Waals surface area contributed by atoms with Crippen molar-refractivity contribution in [2.24, 2.45) is 0 Å². The van der Waals surface area contributed by atoms with Crippen LogP contribution in [0.2, 0.25) is 0 Å². The standard InChI is InChI=1S/C11H15N5/c1-9(2)13-7-11-8-14-15-16(11)10-4-3-5-12-6-10/h3-6,8-9,13H,7H2,1-2H3. The Morgan fingerprint density at radius 2 is 2.25 bits per heavy atom. The van der Waals surface area contributed by atoms with E-state index >= 15 is 0 Å². The molecule has 2 aromatic heterocycles. The molecule has 2 heterocycles. The molecule has 5 heteroatoms. The molecule has 0 aliphatic heterocycles. The van der Waals surface area contributed by atoms with Crippen molar-refractivity contribution in [3.8, 4) is 5.69 Å². The van der Waals surface area contributed by atoms with Gasteiger partial charge >= 0.3 is 0 Å². The van der Waals surface area contributed by atoms with Crippen molar-refractivity contribution in [1.82, 2.24) is 25.3 Å². The Morgan fingerprint density at radius 1 is 1.38 bits per heavy atom. The average molecular weight is 217 g/mol. The van der Waals surface area contributed by atoms with Crippen LogP contribution in [-0.4, -0.2) is 26.0 Å². The van der Waals surface area contributed by atoms with Gasteiger partial charge in [-0.1, -0.05) is 19.1 Å². The van der Waals surface area contributed by atoms with Crippen LogP contribution in [0.15, 0.2) is 30.7 Å². The van der Waals surface area contributed by atoms with Crippen LogP contribution in [-0.2, 0) is 6.54 Å². The molecule has 0 saturated carbocycles. The fourth-order valence-electron chi connectivity index (χ4n) is 1.38. The number of aromatic nitrogens is 4. The summed E-state index contributed by atoms with van der Waals surface area (Å²) in [5, 5.41) is 11.3. The highest BCUT2D eigenvalue weighted by atomic mass is 15.4. The molecule has 0 spiro atoms. The lowest BCUT2D eigenvalue weighted by Gasteiger charge is -2.09. The van der Waals surface area contributed by atoms with Gasteiger partial charge in [-0.15, -0.1) is 5.10 Å². The summed E-state index contributed by atoms with van der Waals surface area (Å²) < 4.78 is 1.79. The first-order valence-electron chi connectivity index (χ1n) is 5.30. The minimum atomic E-state index is 0.442. The van der Waals surface area contributed by atoms with E-state index in [1.54, 1.807) is 23.3 Å². The molecular weight excluding hydrogens is 202 g/mol. The maximum atomic E-state index is 4.07. The molecule has 84 valence electrons. The number of nitrogens with zero attached hydrogens (tertiary/aromatic N) is 4. The molecule has 0 saturated heterocycles. The topological polar surface area (TPSA) is 55.6 Å². The lowest BCUT2D eigenvalue weighted by Crippen LogP contribution is -2.23. The number of hydrogen-bond donors (Lipinski definition) is 1. The number of rotatable bonds is 4. The summed E-state index contributed by atoms with van der Waals surface area (Å²) >= 11 is 0. The van der Waals surface area contributed by atoms with E-state index in [4.69, 9.17) is 0 Å². The Labute approximate surface area is 94.5 Å². The van der Waals surface area contributed by atoms with Crippen LogP contribution < -0.4 is 5.32 Å². The second-order valence-corrected chi connectivity index (χ2v) is 3.88. The van der Waals surface area contributed by atoms with E-state index < -0.39 is 0 Å². The van der Waals surface area contributed by atoms with E-state index in [1.165, 1.54) is 0 Å². The SMILES string of the molecule is CC(C)NCc1cnnn1-c1cccnc1. The van der Waals surface area contributed by atoms with Gasteiger partial charge in [-0.25, -0.2) is 4.68 Å². The van der Waals surface area contributed by atoms with Gasteiger partial charge in [0.2, 0.25) is 0 Å². The Morgan fingerprint density at radius 3 is 2.94 bits per heavy atom. The summed E-state index contributed by atoms with van der Waals surface area (Å²) in [5.41, 5.74) is 1.96. The van der Waals surface area contributed by atoms with Gasteiger partial charge in [0.15, 0.2) is 0 Å². The lowest BCUT2D eigenvalue weighted by atomic mass is 10.3. The second kappa shape index (κ2) is 4.85. The molecule has 0 fully saturated rings. The van der Waals surface area contributed by atoms with Crippen molar-refractivity contribution in [1.29, 1.82) is 0 Å². The van der Waals surface area contributed by atoms with Crippen molar-refractivity contribution in [3.05, 3.63) is 36.4 Å². The summed E-state index contributed by atoms with van der Waals surface area (Å²) in [7, 11) is 0. The van der Waals surface area contributed by atoms with Gasteiger partial charge in [-0.3, -0.25) is 4.98 Å². The van der Waals surface area contributed by atoms with Crippen LogP contribution in [0.1, 0.15) is 19.5 Å². The first kappa shape index (κ1) is 10.8. The van der Waals surface area contributed by atoms with Gasteiger partial charge in [0, 0.05) is 18.8 Å². The third kappa shape index (κ3) is 2.43. The van der Waals surface area contributed by atoms with Crippen molar-refractivity contribution in [2.75, 3.05) is 0 Å². The van der Waals surface area contributed by atoms with E-state index in [0.29, 0.717) is 6.04 Å². The average Bonchev–Trinajstić information content (AvgIpc) is 2.75. The Hall–Kier alpha value is -1.75. The molecule has 0 radical (unpaired) electrons. The molecule has 0 amide bonds. The molecule has 0 bridgehead atoms. The van der Waals surface area contributed by atoms with Gasteiger partial charge < -0.3 is 5.32 Å². The second-order valence-electron chi connectivity index (χ2n) is 3.88. The molecule has 2 rings (SSSR count). The third-order valence-corrected chi connectivity index (χ3v) is 2.20. The fourth-order valence-corrected chi connectivity index (χ4v) is 1.38. The maximum Gasteiger partial charge on any atom is 0.0850 e. The lowest BCUT2D eigenvalue weighted by molar-refractivity contribution is 0.570. The molecule has 0 unspecified atom stereocenters. The zero-order valence-electron chi connectivity index (χ0n) is 9.46. The van der Waals surface area contributed by atoms with Crippen LogP contribution >= 0.6 is 0 Å². The first-order chi connectivity index (χ1) is 7.77. The zero-order chi connectivity index (χ0) is 11.4. The van der Waals surface area contributed by atoms with Gasteiger partial charge in [0.25, 0.3) is 0 Å². The largest absolute Gasteiger partial charge is 0.309 e. The molecular formula is C11H15N5. The van der Waals surface area contributed by atoms with Crippen molar-refractivity contribution in [2.45, 2.75) is 26.4 Å². The molecule has 16 heavy (non-hydrogen) atoms. The number of nitrogens with one attached hydrogen (secondary N) is 1. The van der Waals surface area contributed by atoms with Gasteiger partial charge in [-0.2, -0.15) is 0 Å². The van der Waals surface area contributed by atoms with E-state index in [9.17, 15) is 0 Å². The predicted octanol–water partition coefficient (Wildman–Crippen LogP) is 1.16. The van der Waals surface area contributed by atoms with Gasteiger partial charge in [0.1, 0.15) is 0 Å². The molecule has 0 aromatic carbocycles. The van der Waals surface area contributed by atoms with Crippen molar-refractivity contribution < 1.29 is 0 Å². The highest BCUT2D eigenvalue weighted by molar-refractivity contribution is 5.27. The minimum absolute atomic E-state index is 0.442. The third-order valence-electron chi connectivity index (χ3n) is 2.20. The molecule has 0 atom stereocenters. The van der Waals surface area contributed by atoms with E-state index in [2.05, 4.69) is 34.5 Å². The summed E-state index contributed by atoms with van der Waals surface area (Å²) in [5.74, 6) is 0. The van der Waals surface area contributed by atoms with Crippen molar-refractivity contribution >= 4 is 0 Å². The summed E-state index contributed by atoms with van der Waals surface area (Å²) in [4.78, 5) is 4.07. The Bertz CT molecular complexity index is 435. The maximum absolute atomic E-state index is 4.07. The van der Waals surface area contributed by atoms with Crippen LogP contribution in [0.25, 0.3) is 5.69 Å². The monoisotopic (exact) mass is 217 g/mol. The molecule has 0 aliphatic rings. The van der Waals surface area contributed by atoms with E-state index in [0.717, 1.165) is 17.9 Å². The quantitative estimate of drug-likeness (QED) is 0.835. The first-order valence-corrected chi connectivity index (χ1v) is 5.30. The Kier molecular flexibility index (Phi) is 3.26. The van der Waals surface area contributed by atoms with Crippen LogP contribution in [0.3, 0.4) is 0 Å². The summed E-state index contributed by atoms with van der Waals surface area (Å²) in [6.07, 6.45) is 5.28.